The monoisotopic (exact) mass is 384 g/mol. The maximum atomic E-state index is 12.2. The van der Waals surface area contributed by atoms with Crippen molar-refractivity contribution in [3.63, 3.8) is 0 Å². The molecule has 6 nitrogen and oxygen atoms in total. The molecule has 0 aliphatic heterocycles. The van der Waals surface area contributed by atoms with E-state index >= 15 is 0 Å². The molecule has 27 heavy (non-hydrogen) atoms. The summed E-state index contributed by atoms with van der Waals surface area (Å²) in [6.45, 7) is 6.18. The molecule has 2 N–H and O–H groups in total. The standard InChI is InChI=1S/C20H24N4O2S/c1-4-24(5-2)15-8-6-14(7-9-15)21-19(25)13-27-20-22-17-11-10-16(26-3)12-18(17)23-20/h6-12H,4-5,13H2,1-3H3,(H,21,25)(H,22,23). The minimum atomic E-state index is -0.0615. The van der Waals surface area contributed by atoms with Gasteiger partial charge < -0.3 is 19.9 Å². The number of fused-ring (bicyclic) bond motifs is 1. The normalized spacial score (nSPS) is 10.8. The van der Waals surface area contributed by atoms with Crippen LogP contribution in [-0.4, -0.2) is 41.8 Å². The summed E-state index contributed by atoms with van der Waals surface area (Å²) >= 11 is 1.37. The largest absolute Gasteiger partial charge is 0.497 e. The number of nitrogens with zero attached hydrogens (tertiary/aromatic N) is 2. The smallest absolute Gasteiger partial charge is 0.234 e. The summed E-state index contributed by atoms with van der Waals surface area (Å²) in [6.07, 6.45) is 0. The average molecular weight is 385 g/mol. The van der Waals surface area contributed by atoms with E-state index in [9.17, 15) is 4.79 Å². The molecule has 0 saturated carbocycles. The third kappa shape index (κ3) is 4.74. The molecule has 2 aromatic carbocycles. The summed E-state index contributed by atoms with van der Waals surface area (Å²) in [6, 6.07) is 13.6. The first-order valence-corrected chi connectivity index (χ1v) is 9.93. The molecule has 142 valence electrons. The molecule has 0 spiro atoms. The molecule has 3 aromatic rings. The zero-order valence-electron chi connectivity index (χ0n) is 15.8. The van der Waals surface area contributed by atoms with E-state index in [0.717, 1.165) is 41.2 Å². The predicted octanol–water partition coefficient (Wildman–Crippen LogP) is 4.15. The van der Waals surface area contributed by atoms with Gasteiger partial charge in [-0.1, -0.05) is 11.8 Å². The van der Waals surface area contributed by atoms with E-state index in [1.54, 1.807) is 7.11 Å². The summed E-state index contributed by atoms with van der Waals surface area (Å²) in [5.41, 5.74) is 3.70. The van der Waals surface area contributed by atoms with Gasteiger partial charge in [0, 0.05) is 30.5 Å². The lowest BCUT2D eigenvalue weighted by molar-refractivity contribution is -0.113. The van der Waals surface area contributed by atoms with Gasteiger partial charge in [0.2, 0.25) is 5.91 Å². The first-order valence-electron chi connectivity index (χ1n) is 8.94. The van der Waals surface area contributed by atoms with Gasteiger partial charge in [-0.3, -0.25) is 4.79 Å². The molecule has 0 unspecified atom stereocenters. The molecule has 1 amide bonds. The number of amides is 1. The second kappa shape index (κ2) is 8.81. The Bertz CT molecular complexity index is 904. The average Bonchev–Trinajstić information content (AvgIpc) is 3.10. The van der Waals surface area contributed by atoms with Gasteiger partial charge >= 0.3 is 0 Å². The Labute approximate surface area is 163 Å². The van der Waals surface area contributed by atoms with Gasteiger partial charge in [0.05, 0.1) is 23.9 Å². The van der Waals surface area contributed by atoms with E-state index in [1.807, 2.05) is 42.5 Å². The van der Waals surface area contributed by atoms with E-state index in [1.165, 1.54) is 11.8 Å². The van der Waals surface area contributed by atoms with Crippen LogP contribution in [-0.2, 0) is 4.79 Å². The fraction of sp³-hybridized carbons (Fsp3) is 0.300. The van der Waals surface area contributed by atoms with Crippen LogP contribution in [0.4, 0.5) is 11.4 Å². The lowest BCUT2D eigenvalue weighted by atomic mass is 10.2. The maximum absolute atomic E-state index is 12.2. The van der Waals surface area contributed by atoms with Crippen molar-refractivity contribution in [3.8, 4) is 5.75 Å². The lowest BCUT2D eigenvalue weighted by Crippen LogP contribution is -2.21. The number of imidazole rings is 1. The van der Waals surface area contributed by atoms with Gasteiger partial charge in [0.1, 0.15) is 5.75 Å². The van der Waals surface area contributed by atoms with Crippen molar-refractivity contribution in [2.75, 3.05) is 36.2 Å². The Hall–Kier alpha value is -2.67. The highest BCUT2D eigenvalue weighted by molar-refractivity contribution is 7.99. The molecular weight excluding hydrogens is 360 g/mol. The summed E-state index contributed by atoms with van der Waals surface area (Å²) in [4.78, 5) is 22.2. The Morgan fingerprint density at radius 1 is 1.19 bits per heavy atom. The lowest BCUT2D eigenvalue weighted by Gasteiger charge is -2.21. The molecule has 0 radical (unpaired) electrons. The van der Waals surface area contributed by atoms with Crippen molar-refractivity contribution in [3.05, 3.63) is 42.5 Å². The molecule has 0 bridgehead atoms. The molecule has 0 aliphatic rings. The van der Waals surface area contributed by atoms with Crippen LogP contribution in [0.15, 0.2) is 47.6 Å². The number of carbonyl (C=O) groups excluding carboxylic acids is 1. The van der Waals surface area contributed by atoms with Gasteiger partial charge in [0.25, 0.3) is 0 Å². The summed E-state index contributed by atoms with van der Waals surface area (Å²) in [7, 11) is 1.63. The number of benzene rings is 2. The highest BCUT2D eigenvalue weighted by Crippen LogP contribution is 2.23. The van der Waals surface area contributed by atoms with Crippen molar-refractivity contribution in [2.24, 2.45) is 0 Å². The highest BCUT2D eigenvalue weighted by atomic mass is 32.2. The van der Waals surface area contributed by atoms with Crippen molar-refractivity contribution in [1.82, 2.24) is 9.97 Å². The van der Waals surface area contributed by atoms with Gasteiger partial charge in [-0.25, -0.2) is 4.98 Å². The summed E-state index contributed by atoms with van der Waals surface area (Å²) in [5, 5.41) is 3.64. The van der Waals surface area contributed by atoms with Gasteiger partial charge in [-0.2, -0.15) is 0 Å². The molecule has 3 rings (SSSR count). The Balaban J connectivity index is 1.56. The van der Waals surface area contributed by atoms with E-state index in [0.29, 0.717) is 5.16 Å². The number of hydrogen-bond donors (Lipinski definition) is 2. The van der Waals surface area contributed by atoms with Crippen LogP contribution in [0.5, 0.6) is 5.75 Å². The van der Waals surface area contributed by atoms with Crippen molar-refractivity contribution < 1.29 is 9.53 Å². The van der Waals surface area contributed by atoms with Crippen LogP contribution >= 0.6 is 11.8 Å². The van der Waals surface area contributed by atoms with Crippen LogP contribution in [0.2, 0.25) is 0 Å². The number of ether oxygens (including phenoxy) is 1. The van der Waals surface area contributed by atoms with Crippen LogP contribution < -0.4 is 15.0 Å². The molecular formula is C20H24N4O2S. The number of anilines is 2. The first-order chi connectivity index (χ1) is 13.1. The van der Waals surface area contributed by atoms with E-state index in [2.05, 4.69) is 34.0 Å². The zero-order chi connectivity index (χ0) is 19.2. The number of rotatable bonds is 8. The maximum Gasteiger partial charge on any atom is 0.234 e. The Morgan fingerprint density at radius 3 is 2.59 bits per heavy atom. The zero-order valence-corrected chi connectivity index (χ0v) is 16.6. The molecule has 0 aliphatic carbocycles. The predicted molar refractivity (Wildman–Crippen MR) is 112 cm³/mol. The van der Waals surface area contributed by atoms with Crippen molar-refractivity contribution in [2.45, 2.75) is 19.0 Å². The highest BCUT2D eigenvalue weighted by Gasteiger charge is 2.09. The molecule has 0 fully saturated rings. The third-order valence-corrected chi connectivity index (χ3v) is 5.16. The number of H-pyrrole nitrogens is 1. The molecule has 7 heteroatoms. The van der Waals surface area contributed by atoms with Crippen molar-refractivity contribution >= 4 is 40.1 Å². The second-order valence-electron chi connectivity index (χ2n) is 5.98. The minimum absolute atomic E-state index is 0.0615. The third-order valence-electron chi connectivity index (χ3n) is 4.29. The van der Waals surface area contributed by atoms with Gasteiger partial charge in [0.15, 0.2) is 5.16 Å². The van der Waals surface area contributed by atoms with Gasteiger partial charge in [-0.15, -0.1) is 0 Å². The summed E-state index contributed by atoms with van der Waals surface area (Å²) < 4.78 is 5.21. The van der Waals surface area contributed by atoms with E-state index in [-0.39, 0.29) is 11.7 Å². The number of methoxy groups -OCH3 is 1. The number of nitrogens with one attached hydrogen (secondary N) is 2. The topological polar surface area (TPSA) is 70.2 Å². The second-order valence-corrected chi connectivity index (χ2v) is 6.95. The number of aromatic amines is 1. The van der Waals surface area contributed by atoms with Crippen LogP contribution in [0, 0.1) is 0 Å². The summed E-state index contributed by atoms with van der Waals surface area (Å²) in [5.74, 6) is 0.997. The Kier molecular flexibility index (Phi) is 6.24. The number of carbonyl (C=O) groups is 1. The van der Waals surface area contributed by atoms with Crippen molar-refractivity contribution in [1.29, 1.82) is 0 Å². The fourth-order valence-electron chi connectivity index (χ4n) is 2.84. The van der Waals surface area contributed by atoms with Crippen LogP contribution in [0.1, 0.15) is 13.8 Å². The fourth-order valence-corrected chi connectivity index (χ4v) is 3.52. The molecule has 0 saturated heterocycles. The quantitative estimate of drug-likeness (QED) is 0.571. The van der Waals surface area contributed by atoms with Crippen LogP contribution in [0.25, 0.3) is 11.0 Å². The SMILES string of the molecule is CCN(CC)c1ccc(NC(=O)CSc2nc3ccc(OC)cc3[nH]2)cc1. The first kappa shape index (κ1) is 19.1. The number of thioether (sulfide) groups is 1. The van der Waals surface area contributed by atoms with E-state index in [4.69, 9.17) is 4.74 Å². The number of hydrogen-bond acceptors (Lipinski definition) is 5. The Morgan fingerprint density at radius 2 is 1.93 bits per heavy atom. The molecule has 1 aromatic heterocycles. The molecule has 0 atom stereocenters. The van der Waals surface area contributed by atoms with Crippen LogP contribution in [0.3, 0.4) is 0 Å². The minimum Gasteiger partial charge on any atom is -0.497 e. The molecule has 1 heterocycles. The van der Waals surface area contributed by atoms with Gasteiger partial charge in [-0.05, 0) is 50.2 Å². The van der Waals surface area contributed by atoms with E-state index < -0.39 is 0 Å². The number of aromatic nitrogens is 2.